The molecule has 0 radical (unpaired) electrons. The molecule has 0 bridgehead atoms. The van der Waals surface area contributed by atoms with Gasteiger partial charge in [0.25, 0.3) is 0 Å². The fourth-order valence-electron chi connectivity index (χ4n) is 4.56. The summed E-state index contributed by atoms with van der Waals surface area (Å²) in [6.07, 6.45) is 1.53. The summed E-state index contributed by atoms with van der Waals surface area (Å²) < 4.78 is 1.25. The number of thiazole rings is 1. The third-order valence-electron chi connectivity index (χ3n) is 6.54. The van der Waals surface area contributed by atoms with Crippen LogP contribution in [0.25, 0.3) is 10.2 Å². The number of aryl methyl sites for hydroxylation is 1. The number of nitrogens with zero attached hydrogens (tertiary/aromatic N) is 3. The first kappa shape index (κ1) is 21.7. The molecule has 33 heavy (non-hydrogen) atoms. The fourth-order valence-corrected chi connectivity index (χ4v) is 5.64. The van der Waals surface area contributed by atoms with Crippen molar-refractivity contribution < 1.29 is 4.79 Å². The van der Waals surface area contributed by atoms with Gasteiger partial charge in [0.1, 0.15) is 0 Å². The number of carbonyl (C=O) groups excluding carboxylic acids is 1. The highest BCUT2D eigenvalue weighted by atomic mass is 32.1. The van der Waals surface area contributed by atoms with Gasteiger partial charge < -0.3 is 9.80 Å². The van der Waals surface area contributed by atoms with Crippen molar-refractivity contribution in [2.75, 3.05) is 31.1 Å². The molecule has 0 unspecified atom stereocenters. The quantitative estimate of drug-likeness (QED) is 0.373. The average molecular weight is 456 g/mol. The Balaban J connectivity index is 1.26. The monoisotopic (exact) mass is 455 g/mol. The van der Waals surface area contributed by atoms with Gasteiger partial charge in [-0.05, 0) is 35.2 Å². The lowest BCUT2D eigenvalue weighted by Crippen LogP contribution is -2.49. The van der Waals surface area contributed by atoms with Crippen molar-refractivity contribution in [1.82, 2.24) is 9.88 Å². The lowest BCUT2D eigenvalue weighted by atomic mass is 9.88. The standard InChI is InChI=1S/C28H29N3OS/c1-2-21-13-14-25-26(19-21)33-28(29-25)31-17-15-30(16-18-31)27(32)20-24(22-9-5-3-6-10-22)23-11-7-4-8-12-23/h3-14,19,24H,2,15-18,20H2,1H3. The van der Waals surface area contributed by atoms with Crippen LogP contribution in [0.4, 0.5) is 5.13 Å². The predicted molar refractivity (Wildman–Crippen MR) is 137 cm³/mol. The first-order chi connectivity index (χ1) is 16.2. The van der Waals surface area contributed by atoms with Crippen molar-refractivity contribution in [2.45, 2.75) is 25.7 Å². The third-order valence-corrected chi connectivity index (χ3v) is 7.61. The number of hydrogen-bond acceptors (Lipinski definition) is 4. The van der Waals surface area contributed by atoms with E-state index in [0.717, 1.165) is 43.2 Å². The third kappa shape index (κ3) is 4.79. The lowest BCUT2D eigenvalue weighted by Gasteiger charge is -2.35. The molecule has 1 aliphatic heterocycles. The number of carbonyl (C=O) groups is 1. The van der Waals surface area contributed by atoms with Crippen molar-refractivity contribution in [3.8, 4) is 0 Å². The van der Waals surface area contributed by atoms with Crippen LogP contribution >= 0.6 is 11.3 Å². The van der Waals surface area contributed by atoms with E-state index in [9.17, 15) is 4.79 Å². The second kappa shape index (κ2) is 9.75. The Labute approximate surface area is 199 Å². The smallest absolute Gasteiger partial charge is 0.223 e. The fraction of sp³-hybridized carbons (Fsp3) is 0.286. The Bertz CT molecular complexity index is 1170. The zero-order valence-corrected chi connectivity index (χ0v) is 19.8. The molecule has 1 saturated heterocycles. The number of hydrogen-bond donors (Lipinski definition) is 0. The van der Waals surface area contributed by atoms with E-state index >= 15 is 0 Å². The second-order valence-corrected chi connectivity index (χ2v) is 9.61. The van der Waals surface area contributed by atoms with E-state index in [1.54, 1.807) is 11.3 Å². The van der Waals surface area contributed by atoms with Crippen LogP contribution in [0.2, 0.25) is 0 Å². The maximum Gasteiger partial charge on any atom is 0.223 e. The SMILES string of the molecule is CCc1ccc2nc(N3CCN(C(=O)CC(c4ccccc4)c4ccccc4)CC3)sc2c1. The Morgan fingerprint density at radius 1 is 0.909 bits per heavy atom. The van der Waals surface area contributed by atoms with Gasteiger partial charge >= 0.3 is 0 Å². The normalized spacial score (nSPS) is 14.2. The van der Waals surface area contributed by atoms with E-state index in [4.69, 9.17) is 4.98 Å². The Morgan fingerprint density at radius 3 is 2.15 bits per heavy atom. The van der Waals surface area contributed by atoms with E-state index in [0.29, 0.717) is 6.42 Å². The molecule has 0 saturated carbocycles. The van der Waals surface area contributed by atoms with Gasteiger partial charge in [0.05, 0.1) is 10.2 Å². The molecule has 0 N–H and O–H groups in total. The molecular weight excluding hydrogens is 426 g/mol. The van der Waals surface area contributed by atoms with Crippen molar-refractivity contribution in [3.05, 3.63) is 95.6 Å². The van der Waals surface area contributed by atoms with Gasteiger partial charge in [-0.1, -0.05) is 85.0 Å². The first-order valence-electron chi connectivity index (χ1n) is 11.7. The van der Waals surface area contributed by atoms with Crippen LogP contribution in [-0.2, 0) is 11.2 Å². The molecule has 1 fully saturated rings. The second-order valence-electron chi connectivity index (χ2n) is 8.60. The number of benzene rings is 3. The van der Waals surface area contributed by atoms with Gasteiger partial charge in [-0.15, -0.1) is 0 Å². The van der Waals surface area contributed by atoms with Crippen LogP contribution in [0.3, 0.4) is 0 Å². The number of amides is 1. The topological polar surface area (TPSA) is 36.4 Å². The minimum Gasteiger partial charge on any atom is -0.345 e. The highest BCUT2D eigenvalue weighted by Crippen LogP contribution is 2.31. The molecule has 0 spiro atoms. The van der Waals surface area contributed by atoms with E-state index < -0.39 is 0 Å². The van der Waals surface area contributed by atoms with Crippen LogP contribution < -0.4 is 4.90 Å². The van der Waals surface area contributed by atoms with E-state index in [2.05, 4.69) is 78.6 Å². The first-order valence-corrected chi connectivity index (χ1v) is 12.5. The largest absolute Gasteiger partial charge is 0.345 e. The molecule has 4 nitrogen and oxygen atoms in total. The maximum atomic E-state index is 13.3. The van der Waals surface area contributed by atoms with Gasteiger partial charge in [-0.3, -0.25) is 4.79 Å². The summed E-state index contributed by atoms with van der Waals surface area (Å²) in [7, 11) is 0. The van der Waals surface area contributed by atoms with Crippen molar-refractivity contribution in [1.29, 1.82) is 0 Å². The summed E-state index contributed by atoms with van der Waals surface area (Å²) in [6, 6.07) is 27.3. The Morgan fingerprint density at radius 2 is 1.55 bits per heavy atom. The molecule has 0 aliphatic carbocycles. The van der Waals surface area contributed by atoms with E-state index in [1.165, 1.54) is 21.4 Å². The van der Waals surface area contributed by atoms with Gasteiger partial charge in [-0.25, -0.2) is 4.98 Å². The van der Waals surface area contributed by atoms with Crippen LogP contribution in [-0.4, -0.2) is 42.0 Å². The molecule has 1 aliphatic rings. The van der Waals surface area contributed by atoms with E-state index in [-0.39, 0.29) is 11.8 Å². The van der Waals surface area contributed by atoms with Crippen molar-refractivity contribution in [3.63, 3.8) is 0 Å². The highest BCUT2D eigenvalue weighted by Gasteiger charge is 2.26. The summed E-state index contributed by atoms with van der Waals surface area (Å²) in [4.78, 5) is 22.5. The van der Waals surface area contributed by atoms with Crippen LogP contribution in [0.1, 0.15) is 36.0 Å². The number of piperazine rings is 1. The summed E-state index contributed by atoms with van der Waals surface area (Å²) in [5, 5.41) is 1.07. The molecule has 168 valence electrons. The molecule has 3 aromatic carbocycles. The molecular formula is C28H29N3OS. The summed E-state index contributed by atoms with van der Waals surface area (Å²) in [5.74, 6) is 0.305. The molecule has 2 heterocycles. The molecule has 5 heteroatoms. The number of rotatable bonds is 6. The molecule has 1 amide bonds. The van der Waals surface area contributed by atoms with Gasteiger partial charge in [-0.2, -0.15) is 0 Å². The number of aromatic nitrogens is 1. The zero-order valence-electron chi connectivity index (χ0n) is 19.0. The van der Waals surface area contributed by atoms with Crippen LogP contribution in [0.5, 0.6) is 0 Å². The molecule has 5 rings (SSSR count). The molecule has 1 aromatic heterocycles. The lowest BCUT2D eigenvalue weighted by molar-refractivity contribution is -0.131. The van der Waals surface area contributed by atoms with Crippen LogP contribution in [0, 0.1) is 0 Å². The Kier molecular flexibility index (Phi) is 6.40. The van der Waals surface area contributed by atoms with Gasteiger partial charge in [0.2, 0.25) is 5.91 Å². The average Bonchev–Trinajstić information content (AvgIpc) is 3.31. The Hall–Kier alpha value is -3.18. The van der Waals surface area contributed by atoms with Crippen molar-refractivity contribution >= 4 is 32.6 Å². The summed E-state index contributed by atoms with van der Waals surface area (Å²) in [5.41, 5.74) is 4.80. The number of anilines is 1. The number of fused-ring (bicyclic) bond motifs is 1. The minimum absolute atomic E-state index is 0.0787. The highest BCUT2D eigenvalue weighted by molar-refractivity contribution is 7.22. The molecule has 0 atom stereocenters. The maximum absolute atomic E-state index is 13.3. The van der Waals surface area contributed by atoms with E-state index in [1.807, 2.05) is 17.0 Å². The molecule has 4 aromatic rings. The van der Waals surface area contributed by atoms with Crippen LogP contribution in [0.15, 0.2) is 78.9 Å². The van der Waals surface area contributed by atoms with Gasteiger partial charge in [0.15, 0.2) is 5.13 Å². The summed E-state index contributed by atoms with van der Waals surface area (Å²) >= 11 is 1.76. The van der Waals surface area contributed by atoms with Gasteiger partial charge in [0, 0.05) is 38.5 Å². The minimum atomic E-state index is 0.0787. The zero-order chi connectivity index (χ0) is 22.6. The predicted octanol–water partition coefficient (Wildman–Crippen LogP) is 5.73. The van der Waals surface area contributed by atoms with Crippen molar-refractivity contribution in [2.24, 2.45) is 0 Å². The summed E-state index contributed by atoms with van der Waals surface area (Å²) in [6.45, 7) is 5.32.